The van der Waals surface area contributed by atoms with Gasteiger partial charge in [-0.1, -0.05) is 54.1 Å². The van der Waals surface area contributed by atoms with Crippen LogP contribution >= 0.6 is 11.6 Å². The van der Waals surface area contributed by atoms with E-state index in [2.05, 4.69) is 22.1 Å². The fraction of sp³-hybridized carbons (Fsp3) is 0.129. The molecule has 6 rings (SSSR count). The summed E-state index contributed by atoms with van der Waals surface area (Å²) in [5, 5.41) is 3.75. The average molecular weight is 506 g/mol. The number of benzene rings is 3. The number of para-hydroxylation sites is 2. The zero-order valence-electron chi connectivity index (χ0n) is 20.3. The fourth-order valence-corrected chi connectivity index (χ4v) is 4.96. The maximum Gasteiger partial charge on any atom is 0.311 e. The van der Waals surface area contributed by atoms with Crippen molar-refractivity contribution in [3.8, 4) is 17.1 Å². The lowest BCUT2D eigenvalue weighted by Gasteiger charge is -2.09. The Bertz CT molecular complexity index is 1790. The Morgan fingerprint density at radius 3 is 2.68 bits per heavy atom. The van der Waals surface area contributed by atoms with Crippen LogP contribution < -0.4 is 4.74 Å². The van der Waals surface area contributed by atoms with Crippen LogP contribution in [0.3, 0.4) is 0 Å². The van der Waals surface area contributed by atoms with Gasteiger partial charge >= 0.3 is 5.97 Å². The number of rotatable bonds is 6. The van der Waals surface area contributed by atoms with Crippen molar-refractivity contribution < 1.29 is 9.53 Å². The minimum Gasteiger partial charge on any atom is -0.424 e. The summed E-state index contributed by atoms with van der Waals surface area (Å²) in [5.41, 5.74) is 6.41. The first-order valence-electron chi connectivity index (χ1n) is 12.3. The molecule has 0 saturated carbocycles. The van der Waals surface area contributed by atoms with Crippen LogP contribution in [0.25, 0.3) is 44.1 Å². The molecule has 0 atom stereocenters. The number of H-pyrrole nitrogens is 1. The van der Waals surface area contributed by atoms with Gasteiger partial charge in [0.2, 0.25) is 0 Å². The molecule has 0 spiro atoms. The van der Waals surface area contributed by atoms with Crippen molar-refractivity contribution in [3.05, 3.63) is 101 Å². The number of hydrogen-bond donors (Lipinski definition) is 1. The van der Waals surface area contributed by atoms with Crippen molar-refractivity contribution in [2.24, 2.45) is 0 Å². The van der Waals surface area contributed by atoms with Crippen molar-refractivity contribution in [1.29, 1.82) is 0 Å². The van der Waals surface area contributed by atoms with E-state index in [1.54, 1.807) is 6.07 Å². The summed E-state index contributed by atoms with van der Waals surface area (Å²) in [4.78, 5) is 25.8. The molecule has 0 amide bonds. The van der Waals surface area contributed by atoms with E-state index in [-0.39, 0.29) is 12.4 Å². The predicted octanol–water partition coefficient (Wildman–Crippen LogP) is 7.82. The molecule has 182 valence electrons. The van der Waals surface area contributed by atoms with Crippen LogP contribution in [0.15, 0.2) is 84.9 Å². The summed E-state index contributed by atoms with van der Waals surface area (Å²) >= 11 is 6.35. The van der Waals surface area contributed by atoms with Crippen molar-refractivity contribution in [3.63, 3.8) is 0 Å². The minimum absolute atomic E-state index is 0.278. The quantitative estimate of drug-likeness (QED) is 0.185. The SMILES string of the molecule is Cc1ccc2cccc(OC(=O)CCCc3c(-c4ccc5ccccc5n4)[nH]c4ccc(Cl)cc34)c2n1. The van der Waals surface area contributed by atoms with Gasteiger partial charge in [-0.2, -0.15) is 0 Å². The van der Waals surface area contributed by atoms with E-state index >= 15 is 0 Å². The Morgan fingerprint density at radius 1 is 0.919 bits per heavy atom. The molecule has 37 heavy (non-hydrogen) atoms. The molecule has 1 N–H and O–H groups in total. The second-order valence-corrected chi connectivity index (χ2v) is 9.60. The second kappa shape index (κ2) is 9.68. The largest absolute Gasteiger partial charge is 0.424 e. The monoisotopic (exact) mass is 505 g/mol. The van der Waals surface area contributed by atoms with Gasteiger partial charge in [0, 0.05) is 38.8 Å². The van der Waals surface area contributed by atoms with Gasteiger partial charge in [-0.3, -0.25) is 4.79 Å². The smallest absolute Gasteiger partial charge is 0.311 e. The maximum atomic E-state index is 12.8. The van der Waals surface area contributed by atoms with E-state index in [9.17, 15) is 4.79 Å². The number of pyridine rings is 2. The van der Waals surface area contributed by atoms with Gasteiger partial charge in [0.15, 0.2) is 5.75 Å². The predicted molar refractivity (Wildman–Crippen MR) is 149 cm³/mol. The molecule has 0 aliphatic heterocycles. The molecule has 0 bridgehead atoms. The molecule has 3 aromatic carbocycles. The van der Waals surface area contributed by atoms with Crippen LogP contribution in [-0.4, -0.2) is 20.9 Å². The van der Waals surface area contributed by atoms with Crippen LogP contribution in [0.2, 0.25) is 5.02 Å². The Morgan fingerprint density at radius 2 is 1.76 bits per heavy atom. The Kier molecular flexibility index (Phi) is 6.07. The van der Waals surface area contributed by atoms with E-state index in [1.807, 2.05) is 73.7 Å². The van der Waals surface area contributed by atoms with E-state index < -0.39 is 0 Å². The zero-order chi connectivity index (χ0) is 25.4. The summed E-state index contributed by atoms with van der Waals surface area (Å²) in [7, 11) is 0. The van der Waals surface area contributed by atoms with Crippen LogP contribution in [0, 0.1) is 6.92 Å². The topological polar surface area (TPSA) is 67.9 Å². The van der Waals surface area contributed by atoms with Gasteiger partial charge in [0.1, 0.15) is 5.52 Å². The normalized spacial score (nSPS) is 11.4. The first kappa shape index (κ1) is 23.2. The Balaban J connectivity index is 1.26. The molecule has 0 saturated heterocycles. The van der Waals surface area contributed by atoms with Crippen LogP contribution in [-0.2, 0) is 11.2 Å². The average Bonchev–Trinajstić information content (AvgIpc) is 3.26. The van der Waals surface area contributed by atoms with Gasteiger partial charge < -0.3 is 9.72 Å². The van der Waals surface area contributed by atoms with Gasteiger partial charge in [-0.25, -0.2) is 9.97 Å². The lowest BCUT2D eigenvalue weighted by atomic mass is 10.0. The van der Waals surface area contributed by atoms with Crippen LogP contribution in [0.1, 0.15) is 24.1 Å². The standard InChI is InChI=1S/C31H24ClN3O2/c1-19-12-13-21-7-4-10-28(30(21)33-19)37-29(36)11-5-8-23-24-18-22(32)15-17-26(24)35-31(23)27-16-14-20-6-2-3-9-25(20)34-27/h2-4,6-7,9-10,12-18,35H,5,8,11H2,1H3. The first-order chi connectivity index (χ1) is 18.0. The van der Waals surface area contributed by atoms with Gasteiger partial charge in [0.05, 0.1) is 16.9 Å². The number of fused-ring (bicyclic) bond motifs is 3. The van der Waals surface area contributed by atoms with E-state index in [1.165, 1.54) is 0 Å². The molecule has 3 aromatic heterocycles. The molecule has 6 heteroatoms. The van der Waals surface area contributed by atoms with Crippen LogP contribution in [0.5, 0.6) is 5.75 Å². The Labute approximate surface area is 219 Å². The number of hydrogen-bond acceptors (Lipinski definition) is 4. The van der Waals surface area contributed by atoms with E-state index in [0.717, 1.165) is 49.8 Å². The summed E-state index contributed by atoms with van der Waals surface area (Å²) in [5.74, 6) is 0.213. The first-order valence-corrected chi connectivity index (χ1v) is 12.7. The maximum absolute atomic E-state index is 12.8. The molecule has 3 heterocycles. The molecule has 0 radical (unpaired) electrons. The third kappa shape index (κ3) is 4.66. The van der Waals surface area contributed by atoms with Gasteiger partial charge in [-0.15, -0.1) is 0 Å². The molecular formula is C31H24ClN3O2. The summed E-state index contributed by atoms with van der Waals surface area (Å²) in [6.07, 6.45) is 1.57. The number of halogens is 1. The van der Waals surface area contributed by atoms with Crippen LogP contribution in [0.4, 0.5) is 0 Å². The molecule has 0 fully saturated rings. The number of aromatic amines is 1. The number of esters is 1. The number of aromatic nitrogens is 3. The number of carbonyl (C=O) groups is 1. The highest BCUT2D eigenvalue weighted by Crippen LogP contribution is 2.33. The van der Waals surface area contributed by atoms with Crippen molar-refractivity contribution in [1.82, 2.24) is 15.0 Å². The fourth-order valence-electron chi connectivity index (χ4n) is 4.79. The van der Waals surface area contributed by atoms with Crippen molar-refractivity contribution in [2.75, 3.05) is 0 Å². The molecule has 0 aliphatic carbocycles. The van der Waals surface area contributed by atoms with Crippen molar-refractivity contribution in [2.45, 2.75) is 26.2 Å². The van der Waals surface area contributed by atoms with E-state index in [4.69, 9.17) is 21.3 Å². The molecule has 0 unspecified atom stereocenters. The van der Waals surface area contributed by atoms with E-state index in [0.29, 0.717) is 29.1 Å². The highest BCUT2D eigenvalue weighted by Gasteiger charge is 2.17. The third-order valence-corrected chi connectivity index (χ3v) is 6.81. The highest BCUT2D eigenvalue weighted by atomic mass is 35.5. The number of nitrogens with zero attached hydrogens (tertiary/aromatic N) is 2. The van der Waals surface area contributed by atoms with Crippen molar-refractivity contribution >= 4 is 50.3 Å². The Hall–Kier alpha value is -4.22. The minimum atomic E-state index is -0.279. The number of nitrogens with one attached hydrogen (secondary N) is 1. The lowest BCUT2D eigenvalue weighted by Crippen LogP contribution is -2.09. The van der Waals surface area contributed by atoms with Gasteiger partial charge in [-0.05, 0) is 67.8 Å². The lowest BCUT2D eigenvalue weighted by molar-refractivity contribution is -0.134. The number of carbonyl (C=O) groups excluding carboxylic acids is 1. The molecule has 5 nitrogen and oxygen atoms in total. The molecule has 0 aliphatic rings. The summed E-state index contributed by atoms with van der Waals surface area (Å²) < 4.78 is 5.73. The van der Waals surface area contributed by atoms with Gasteiger partial charge in [0.25, 0.3) is 0 Å². The summed E-state index contributed by atoms with van der Waals surface area (Å²) in [6.45, 7) is 1.92. The second-order valence-electron chi connectivity index (χ2n) is 9.17. The molecule has 6 aromatic rings. The zero-order valence-corrected chi connectivity index (χ0v) is 21.0. The number of aryl methyl sites for hydroxylation is 2. The summed E-state index contributed by atoms with van der Waals surface area (Å²) in [6, 6.07) is 27.6. The number of ether oxygens (including phenoxy) is 1. The molecular weight excluding hydrogens is 482 g/mol. The third-order valence-electron chi connectivity index (χ3n) is 6.58. The highest BCUT2D eigenvalue weighted by molar-refractivity contribution is 6.31.